The van der Waals surface area contributed by atoms with Crippen molar-refractivity contribution in [3.05, 3.63) is 12.2 Å². The monoisotopic (exact) mass is 226 g/mol. The molecule has 0 saturated heterocycles. The molecular formula is C14H26O2. The van der Waals surface area contributed by atoms with E-state index < -0.39 is 5.97 Å². The number of carboxylic acid groups (broad SMARTS) is 1. The van der Waals surface area contributed by atoms with E-state index in [1.807, 2.05) is 0 Å². The van der Waals surface area contributed by atoms with E-state index in [-0.39, 0.29) is 5.92 Å². The highest BCUT2D eigenvalue weighted by atomic mass is 16.4. The summed E-state index contributed by atoms with van der Waals surface area (Å²) in [6, 6.07) is 0. The first-order chi connectivity index (χ1) is 7.63. The number of hydrogen-bond acceptors (Lipinski definition) is 1. The summed E-state index contributed by atoms with van der Waals surface area (Å²) in [5.74, 6) is -0.633. The van der Waals surface area contributed by atoms with Gasteiger partial charge in [0.05, 0.1) is 0 Å². The van der Waals surface area contributed by atoms with Crippen LogP contribution in [0.25, 0.3) is 0 Å². The molecule has 0 radical (unpaired) electrons. The van der Waals surface area contributed by atoms with Crippen molar-refractivity contribution in [3.8, 4) is 0 Å². The van der Waals surface area contributed by atoms with Crippen LogP contribution >= 0.6 is 0 Å². The number of hydrogen-bond donors (Lipinski definition) is 1. The molecule has 2 heteroatoms. The zero-order chi connectivity index (χ0) is 12.4. The maximum Gasteiger partial charge on any atom is 0.331 e. The maximum atomic E-state index is 10.9. The molecule has 1 unspecified atom stereocenters. The van der Waals surface area contributed by atoms with Crippen LogP contribution in [-0.2, 0) is 4.79 Å². The fourth-order valence-electron chi connectivity index (χ4n) is 1.94. The van der Waals surface area contributed by atoms with Crippen LogP contribution in [0.4, 0.5) is 0 Å². The lowest BCUT2D eigenvalue weighted by atomic mass is 9.89. The van der Waals surface area contributed by atoms with Crippen LogP contribution in [0.15, 0.2) is 12.2 Å². The SMILES string of the molecule is C=C(C(=O)O)C(CCCC)CCCCCC. The van der Waals surface area contributed by atoms with Crippen LogP contribution in [0.1, 0.15) is 65.2 Å². The van der Waals surface area contributed by atoms with E-state index in [1.165, 1.54) is 19.3 Å². The quantitative estimate of drug-likeness (QED) is 0.442. The van der Waals surface area contributed by atoms with Crippen LogP contribution in [-0.4, -0.2) is 11.1 Å². The highest BCUT2D eigenvalue weighted by Crippen LogP contribution is 2.23. The van der Waals surface area contributed by atoms with Crippen LogP contribution in [0, 0.1) is 5.92 Å². The van der Waals surface area contributed by atoms with Gasteiger partial charge in [0.2, 0.25) is 0 Å². The van der Waals surface area contributed by atoms with Gasteiger partial charge < -0.3 is 5.11 Å². The normalized spacial score (nSPS) is 12.4. The molecule has 0 aliphatic heterocycles. The summed E-state index contributed by atoms with van der Waals surface area (Å²) in [7, 11) is 0. The highest BCUT2D eigenvalue weighted by Gasteiger charge is 2.17. The number of carbonyl (C=O) groups is 1. The average molecular weight is 226 g/mol. The van der Waals surface area contributed by atoms with Crippen molar-refractivity contribution in [1.29, 1.82) is 0 Å². The van der Waals surface area contributed by atoms with E-state index in [2.05, 4.69) is 20.4 Å². The van der Waals surface area contributed by atoms with E-state index in [0.717, 1.165) is 32.1 Å². The Hall–Kier alpha value is -0.790. The largest absolute Gasteiger partial charge is 0.478 e. The van der Waals surface area contributed by atoms with E-state index in [0.29, 0.717) is 5.57 Å². The van der Waals surface area contributed by atoms with Crippen LogP contribution < -0.4 is 0 Å². The lowest BCUT2D eigenvalue weighted by Gasteiger charge is -2.16. The molecule has 0 aliphatic carbocycles. The summed E-state index contributed by atoms with van der Waals surface area (Å²) in [5, 5.41) is 8.95. The second kappa shape index (κ2) is 9.44. The summed E-state index contributed by atoms with van der Waals surface area (Å²) in [5.41, 5.74) is 0.407. The fourth-order valence-corrected chi connectivity index (χ4v) is 1.94. The van der Waals surface area contributed by atoms with E-state index in [1.54, 1.807) is 0 Å². The van der Waals surface area contributed by atoms with Gasteiger partial charge in [-0.1, -0.05) is 59.0 Å². The Kier molecular flexibility index (Phi) is 8.97. The second-order valence-electron chi connectivity index (χ2n) is 4.52. The molecule has 0 spiro atoms. The summed E-state index contributed by atoms with van der Waals surface area (Å²) in [6.45, 7) is 8.03. The van der Waals surface area contributed by atoms with Crippen molar-refractivity contribution in [2.75, 3.05) is 0 Å². The van der Waals surface area contributed by atoms with Crippen molar-refractivity contribution in [2.45, 2.75) is 65.2 Å². The molecule has 0 fully saturated rings. The Labute approximate surface area is 99.7 Å². The topological polar surface area (TPSA) is 37.3 Å². The number of aliphatic carboxylic acids is 1. The summed E-state index contributed by atoms with van der Waals surface area (Å²) >= 11 is 0. The summed E-state index contributed by atoms with van der Waals surface area (Å²) < 4.78 is 0. The van der Waals surface area contributed by atoms with Gasteiger partial charge in [-0.2, -0.15) is 0 Å². The predicted molar refractivity (Wildman–Crippen MR) is 68.5 cm³/mol. The fraction of sp³-hybridized carbons (Fsp3) is 0.786. The first-order valence-corrected chi connectivity index (χ1v) is 6.55. The van der Waals surface area contributed by atoms with Gasteiger partial charge in [-0.3, -0.25) is 0 Å². The van der Waals surface area contributed by atoms with Crippen molar-refractivity contribution in [2.24, 2.45) is 5.92 Å². The third-order valence-electron chi connectivity index (χ3n) is 3.08. The summed E-state index contributed by atoms with van der Waals surface area (Å²) in [6.07, 6.45) is 9.02. The minimum Gasteiger partial charge on any atom is -0.478 e. The summed E-state index contributed by atoms with van der Waals surface area (Å²) in [4.78, 5) is 10.9. The molecule has 16 heavy (non-hydrogen) atoms. The van der Waals surface area contributed by atoms with Gasteiger partial charge in [-0.05, 0) is 18.8 Å². The van der Waals surface area contributed by atoms with Gasteiger partial charge in [0.1, 0.15) is 0 Å². The molecule has 1 N–H and O–H groups in total. The van der Waals surface area contributed by atoms with Crippen LogP contribution in [0.2, 0.25) is 0 Å². The molecule has 0 amide bonds. The first kappa shape index (κ1) is 15.2. The standard InChI is InChI=1S/C14H26O2/c1-4-6-8-9-11-13(10-7-5-2)12(3)14(15)16/h13H,3-11H2,1-2H3,(H,15,16). The predicted octanol–water partition coefficient (Wildman–Crippen LogP) is 4.40. The van der Waals surface area contributed by atoms with Gasteiger partial charge in [0.15, 0.2) is 0 Å². The molecule has 0 heterocycles. The van der Waals surface area contributed by atoms with Crippen molar-refractivity contribution >= 4 is 5.97 Å². The smallest absolute Gasteiger partial charge is 0.331 e. The molecule has 0 bridgehead atoms. The molecule has 1 atom stereocenters. The Bertz CT molecular complexity index is 209. The number of unbranched alkanes of at least 4 members (excludes halogenated alkanes) is 4. The average Bonchev–Trinajstić information content (AvgIpc) is 2.27. The maximum absolute atomic E-state index is 10.9. The Morgan fingerprint density at radius 2 is 1.62 bits per heavy atom. The third-order valence-corrected chi connectivity index (χ3v) is 3.08. The van der Waals surface area contributed by atoms with Gasteiger partial charge in [0.25, 0.3) is 0 Å². The minimum atomic E-state index is -0.823. The van der Waals surface area contributed by atoms with Crippen molar-refractivity contribution in [1.82, 2.24) is 0 Å². The zero-order valence-electron chi connectivity index (χ0n) is 10.8. The Morgan fingerprint density at radius 3 is 2.12 bits per heavy atom. The molecule has 0 saturated carbocycles. The third kappa shape index (κ3) is 6.65. The van der Waals surface area contributed by atoms with Crippen LogP contribution in [0.5, 0.6) is 0 Å². The second-order valence-corrected chi connectivity index (χ2v) is 4.52. The molecule has 0 aromatic rings. The van der Waals surface area contributed by atoms with Gasteiger partial charge in [0, 0.05) is 5.57 Å². The Morgan fingerprint density at radius 1 is 1.06 bits per heavy atom. The van der Waals surface area contributed by atoms with E-state index in [9.17, 15) is 4.79 Å². The molecule has 2 nitrogen and oxygen atoms in total. The van der Waals surface area contributed by atoms with Gasteiger partial charge in [-0.15, -0.1) is 0 Å². The van der Waals surface area contributed by atoms with Crippen molar-refractivity contribution in [3.63, 3.8) is 0 Å². The molecular weight excluding hydrogens is 200 g/mol. The molecule has 0 aromatic carbocycles. The van der Waals surface area contributed by atoms with E-state index in [4.69, 9.17) is 5.11 Å². The van der Waals surface area contributed by atoms with Gasteiger partial charge in [-0.25, -0.2) is 4.79 Å². The van der Waals surface area contributed by atoms with Crippen LogP contribution in [0.3, 0.4) is 0 Å². The lowest BCUT2D eigenvalue weighted by molar-refractivity contribution is -0.133. The molecule has 0 rings (SSSR count). The van der Waals surface area contributed by atoms with E-state index >= 15 is 0 Å². The minimum absolute atomic E-state index is 0.189. The van der Waals surface area contributed by atoms with Gasteiger partial charge >= 0.3 is 5.97 Å². The molecule has 0 aliphatic rings. The first-order valence-electron chi connectivity index (χ1n) is 6.55. The van der Waals surface area contributed by atoms with Crippen molar-refractivity contribution < 1.29 is 9.90 Å². The molecule has 94 valence electrons. The number of carboxylic acids is 1. The molecule has 0 aromatic heterocycles. The lowest BCUT2D eigenvalue weighted by Crippen LogP contribution is -2.12. The Balaban J connectivity index is 3.99. The zero-order valence-corrected chi connectivity index (χ0v) is 10.8. The number of rotatable bonds is 10. The highest BCUT2D eigenvalue weighted by molar-refractivity contribution is 5.86.